The van der Waals surface area contributed by atoms with Crippen LogP contribution in [0.2, 0.25) is 0 Å². The van der Waals surface area contributed by atoms with E-state index < -0.39 is 0 Å². The maximum Gasteiger partial charge on any atom is 0.203 e. The lowest BCUT2D eigenvalue weighted by Crippen LogP contribution is -2.26. The number of nitrogens with zero attached hydrogens (tertiary/aromatic N) is 3. The fourth-order valence-electron chi connectivity index (χ4n) is 3.75. The Bertz CT molecular complexity index is 1060. The minimum atomic E-state index is -0.267. The summed E-state index contributed by atoms with van der Waals surface area (Å²) in [5.74, 6) is -0.267. The molecule has 180 valence electrons. The third-order valence-corrected chi connectivity index (χ3v) is 5.61. The number of carbonyl (C=O) groups is 1. The highest BCUT2D eigenvalue weighted by Crippen LogP contribution is 2.24. The summed E-state index contributed by atoms with van der Waals surface area (Å²) in [5.41, 5.74) is 10.7. The molecule has 0 spiro atoms. The minimum absolute atomic E-state index is 0.0920. The van der Waals surface area contributed by atoms with Gasteiger partial charge in [-0.2, -0.15) is 0 Å². The van der Waals surface area contributed by atoms with Crippen molar-refractivity contribution in [3.05, 3.63) is 72.1 Å². The molecular weight excluding hydrogens is 430 g/mol. The summed E-state index contributed by atoms with van der Waals surface area (Å²) in [4.78, 5) is 21.1. The number of nitrogens with one attached hydrogen (secondary N) is 1. The summed E-state index contributed by atoms with van der Waals surface area (Å²) >= 11 is 0. The number of rotatable bonds is 11. The summed E-state index contributed by atoms with van der Waals surface area (Å²) in [5, 5.41) is 21.8. The molecule has 0 heterocycles. The number of aliphatic imine (C=N–C) groups is 1. The normalized spacial score (nSPS) is 14.6. The van der Waals surface area contributed by atoms with Crippen LogP contribution in [0.3, 0.4) is 0 Å². The Hall–Kier alpha value is -3.62. The number of hydrogen-bond acceptors (Lipinski definition) is 8. The summed E-state index contributed by atoms with van der Waals surface area (Å²) in [7, 11) is 0. The molecule has 0 bridgehead atoms. The molecule has 1 aliphatic rings. The zero-order valence-electron chi connectivity index (χ0n) is 19.7. The second-order valence-electron chi connectivity index (χ2n) is 7.81. The first-order valence-electron chi connectivity index (χ1n) is 11.5. The van der Waals surface area contributed by atoms with Crippen molar-refractivity contribution >= 4 is 34.2 Å². The maximum absolute atomic E-state index is 12.2. The van der Waals surface area contributed by atoms with Gasteiger partial charge in [-0.05, 0) is 68.5 Å². The van der Waals surface area contributed by atoms with Crippen molar-refractivity contribution < 1.29 is 15.0 Å². The molecule has 0 aliphatic heterocycles. The van der Waals surface area contributed by atoms with Crippen LogP contribution in [0, 0.1) is 0 Å². The van der Waals surface area contributed by atoms with E-state index in [2.05, 4.69) is 15.1 Å². The Balaban J connectivity index is 1.82. The number of hydrogen-bond donors (Lipinski definition) is 4. The molecule has 2 aromatic rings. The summed E-state index contributed by atoms with van der Waals surface area (Å²) < 4.78 is 0. The summed E-state index contributed by atoms with van der Waals surface area (Å²) in [6.45, 7) is 6.99. The molecule has 5 N–H and O–H groups in total. The van der Waals surface area contributed by atoms with E-state index in [1.54, 1.807) is 6.08 Å². The van der Waals surface area contributed by atoms with E-state index in [9.17, 15) is 15.0 Å². The molecule has 0 unspecified atom stereocenters. The molecule has 8 nitrogen and oxygen atoms in total. The highest BCUT2D eigenvalue weighted by atomic mass is 16.3. The number of allylic oxidation sites excluding steroid dienone is 2. The van der Waals surface area contributed by atoms with Gasteiger partial charge in [0.15, 0.2) is 0 Å². The zero-order chi connectivity index (χ0) is 24.5. The van der Waals surface area contributed by atoms with Gasteiger partial charge in [0.05, 0.1) is 36.0 Å². The topological polar surface area (TPSA) is 114 Å². The van der Waals surface area contributed by atoms with Crippen LogP contribution >= 0.6 is 0 Å². The number of ketones is 1. The lowest BCUT2D eigenvalue weighted by atomic mass is 10.1. The minimum Gasteiger partial charge on any atom is -0.396 e. The number of aliphatic hydroxyl groups excluding tert-OH is 2. The van der Waals surface area contributed by atoms with Crippen molar-refractivity contribution in [1.82, 2.24) is 0 Å². The van der Waals surface area contributed by atoms with Gasteiger partial charge in [0, 0.05) is 49.3 Å². The van der Waals surface area contributed by atoms with E-state index >= 15 is 0 Å². The molecular formula is C26H33N5O3. The summed E-state index contributed by atoms with van der Waals surface area (Å²) in [6.07, 6.45) is 3.04. The molecule has 0 fully saturated rings. The van der Waals surface area contributed by atoms with Crippen molar-refractivity contribution in [3.8, 4) is 0 Å². The number of benzene rings is 2. The van der Waals surface area contributed by atoms with Gasteiger partial charge < -0.3 is 31.1 Å². The Morgan fingerprint density at radius 1 is 0.853 bits per heavy atom. The molecule has 0 amide bonds. The van der Waals surface area contributed by atoms with Crippen LogP contribution in [-0.2, 0) is 4.79 Å². The van der Waals surface area contributed by atoms with Crippen LogP contribution in [0.25, 0.3) is 0 Å². The number of likely N-dealkylation sites (N-methyl/N-ethyl adjacent to an activating group) is 2. The number of nitrogens with two attached hydrogens (primary N) is 1. The highest BCUT2D eigenvalue weighted by Gasteiger charge is 2.17. The first-order valence-corrected chi connectivity index (χ1v) is 11.5. The Labute approximate surface area is 200 Å². The van der Waals surface area contributed by atoms with Gasteiger partial charge in [-0.1, -0.05) is 0 Å². The van der Waals surface area contributed by atoms with Crippen LogP contribution in [0.1, 0.15) is 13.8 Å². The van der Waals surface area contributed by atoms with Crippen LogP contribution in [-0.4, -0.2) is 61.1 Å². The van der Waals surface area contributed by atoms with Gasteiger partial charge in [0.25, 0.3) is 0 Å². The largest absolute Gasteiger partial charge is 0.396 e. The van der Waals surface area contributed by atoms with Crippen LogP contribution in [0.4, 0.5) is 22.7 Å². The van der Waals surface area contributed by atoms with Crippen LogP contribution < -0.4 is 20.9 Å². The van der Waals surface area contributed by atoms with Crippen LogP contribution in [0.15, 0.2) is 77.1 Å². The quantitative estimate of drug-likeness (QED) is 0.379. The first kappa shape index (κ1) is 25.0. The average molecular weight is 464 g/mol. The third-order valence-electron chi connectivity index (χ3n) is 5.61. The molecule has 1 aliphatic carbocycles. The number of carbonyl (C=O) groups excluding carboxylic acids is 1. The standard InChI is InChI=1S/C26H33N5O3/c1-3-30(13-15-32)21-9-5-19(6-10-21)28-24-17-23(27)26(34)18-25(24)29-20-7-11-22(12-8-20)31(4-2)14-16-33/h5-12,17-18,29,32-33H,3-4,13-16,27H2,1-2H3. The molecule has 0 saturated heterocycles. The highest BCUT2D eigenvalue weighted by molar-refractivity contribution is 6.23. The van der Waals surface area contributed by atoms with Gasteiger partial charge in [0.2, 0.25) is 5.78 Å². The zero-order valence-corrected chi connectivity index (χ0v) is 19.7. The monoisotopic (exact) mass is 463 g/mol. The van der Waals surface area contributed by atoms with E-state index in [-0.39, 0.29) is 24.7 Å². The Kier molecular flexibility index (Phi) is 8.84. The predicted octanol–water partition coefficient (Wildman–Crippen LogP) is 2.82. The van der Waals surface area contributed by atoms with E-state index in [0.29, 0.717) is 24.5 Å². The van der Waals surface area contributed by atoms with Crippen molar-refractivity contribution in [2.24, 2.45) is 10.7 Å². The second kappa shape index (κ2) is 12.0. The molecule has 0 saturated carbocycles. The number of anilines is 3. The molecule has 0 atom stereocenters. The fourth-order valence-corrected chi connectivity index (χ4v) is 3.75. The van der Waals surface area contributed by atoms with Crippen molar-refractivity contribution in [3.63, 3.8) is 0 Å². The molecule has 2 aromatic carbocycles. The van der Waals surface area contributed by atoms with Gasteiger partial charge in [0.1, 0.15) is 0 Å². The van der Waals surface area contributed by atoms with Gasteiger partial charge >= 0.3 is 0 Å². The smallest absolute Gasteiger partial charge is 0.203 e. The average Bonchev–Trinajstić information content (AvgIpc) is 2.85. The predicted molar refractivity (Wildman–Crippen MR) is 139 cm³/mol. The Morgan fingerprint density at radius 2 is 1.38 bits per heavy atom. The third kappa shape index (κ3) is 6.24. The van der Waals surface area contributed by atoms with E-state index in [1.807, 2.05) is 62.4 Å². The fraction of sp³-hybridized carbons (Fsp3) is 0.308. The molecule has 0 radical (unpaired) electrons. The lowest BCUT2D eigenvalue weighted by Gasteiger charge is -2.22. The molecule has 0 aromatic heterocycles. The second-order valence-corrected chi connectivity index (χ2v) is 7.81. The molecule has 3 rings (SSSR count). The van der Waals surface area contributed by atoms with E-state index in [0.717, 1.165) is 35.8 Å². The van der Waals surface area contributed by atoms with Gasteiger partial charge in [-0.15, -0.1) is 0 Å². The first-order chi connectivity index (χ1) is 16.5. The lowest BCUT2D eigenvalue weighted by molar-refractivity contribution is -0.111. The molecule has 8 heteroatoms. The van der Waals surface area contributed by atoms with Crippen LogP contribution in [0.5, 0.6) is 0 Å². The molecule has 34 heavy (non-hydrogen) atoms. The summed E-state index contributed by atoms with van der Waals surface area (Å²) in [6, 6.07) is 15.5. The van der Waals surface area contributed by atoms with Crippen molar-refractivity contribution in [1.29, 1.82) is 0 Å². The van der Waals surface area contributed by atoms with Gasteiger partial charge in [-0.3, -0.25) is 4.79 Å². The Morgan fingerprint density at radius 3 is 1.88 bits per heavy atom. The maximum atomic E-state index is 12.2. The SMILES string of the molecule is CCN(CCO)c1ccc(N=C2C=C(N)C(=O)C=C2Nc2ccc(N(CC)CCO)cc2)cc1. The van der Waals surface area contributed by atoms with E-state index in [1.165, 1.54) is 6.08 Å². The van der Waals surface area contributed by atoms with Crippen molar-refractivity contribution in [2.75, 3.05) is 54.5 Å². The number of aliphatic hydroxyl groups is 2. The van der Waals surface area contributed by atoms with E-state index in [4.69, 9.17) is 10.7 Å². The van der Waals surface area contributed by atoms with Gasteiger partial charge in [-0.25, -0.2) is 4.99 Å². The van der Waals surface area contributed by atoms with Crippen molar-refractivity contribution in [2.45, 2.75) is 13.8 Å².